The molecule has 0 amide bonds. The normalized spacial score (nSPS) is 12.1. The number of rotatable bonds is 2. The van der Waals surface area contributed by atoms with Gasteiger partial charge in [-0.05, 0) is 30.2 Å². The first-order valence-electron chi connectivity index (χ1n) is 6.01. The van der Waals surface area contributed by atoms with E-state index in [9.17, 15) is 8.42 Å². The Bertz CT molecular complexity index is 920. The molecule has 1 N–H and O–H groups in total. The van der Waals surface area contributed by atoms with E-state index in [1.165, 1.54) is 6.20 Å². The largest absolute Gasteiger partial charge is 0.285 e. The Labute approximate surface area is 116 Å². The van der Waals surface area contributed by atoms with Gasteiger partial charge in [-0.3, -0.25) is 14.5 Å². The highest BCUT2D eigenvalue weighted by Crippen LogP contribution is 2.23. The standard InChI is InChI=1S/C14H12N2O3S/c1-9-4-11-2-3-12-5-10(8-20(17,18)19)7-16-14(12)13(11)15-6-9/h2-7H,8H2,1H3,(H,17,18,19). The van der Waals surface area contributed by atoms with Crippen molar-refractivity contribution in [2.75, 3.05) is 0 Å². The predicted octanol–water partition coefficient (Wildman–Crippen LogP) is 2.48. The molecule has 2 heterocycles. The van der Waals surface area contributed by atoms with E-state index < -0.39 is 15.9 Å². The molecule has 2 aromatic heterocycles. The van der Waals surface area contributed by atoms with Crippen LogP contribution < -0.4 is 0 Å². The van der Waals surface area contributed by atoms with Gasteiger partial charge in [-0.15, -0.1) is 0 Å². The number of aryl methyl sites for hydroxylation is 1. The molecular weight excluding hydrogens is 276 g/mol. The Hall–Kier alpha value is -2.05. The van der Waals surface area contributed by atoms with E-state index in [4.69, 9.17) is 4.55 Å². The summed E-state index contributed by atoms with van der Waals surface area (Å²) in [6.07, 6.45) is 3.23. The van der Waals surface area contributed by atoms with Crippen LogP contribution in [-0.4, -0.2) is 22.9 Å². The van der Waals surface area contributed by atoms with Crippen LogP contribution in [0, 0.1) is 6.92 Å². The van der Waals surface area contributed by atoms with Crippen molar-refractivity contribution in [3.63, 3.8) is 0 Å². The maximum atomic E-state index is 10.9. The Morgan fingerprint density at radius 2 is 1.65 bits per heavy atom. The molecule has 0 radical (unpaired) electrons. The second-order valence-electron chi connectivity index (χ2n) is 4.79. The average Bonchev–Trinajstić information content (AvgIpc) is 2.36. The minimum absolute atomic E-state index is 0.435. The summed E-state index contributed by atoms with van der Waals surface area (Å²) in [5.41, 5.74) is 3.03. The molecule has 0 bridgehead atoms. The lowest BCUT2D eigenvalue weighted by molar-refractivity contribution is 0.482. The first-order chi connectivity index (χ1) is 9.42. The zero-order chi connectivity index (χ0) is 14.3. The fourth-order valence-electron chi connectivity index (χ4n) is 2.24. The number of benzene rings is 1. The highest BCUT2D eigenvalue weighted by molar-refractivity contribution is 7.85. The van der Waals surface area contributed by atoms with E-state index in [1.54, 1.807) is 12.3 Å². The summed E-state index contributed by atoms with van der Waals surface area (Å²) in [5.74, 6) is -0.435. The zero-order valence-electron chi connectivity index (χ0n) is 10.7. The Kier molecular flexibility index (Phi) is 2.92. The lowest BCUT2D eigenvalue weighted by atomic mass is 10.1. The van der Waals surface area contributed by atoms with E-state index in [-0.39, 0.29) is 0 Å². The molecule has 0 saturated carbocycles. The quantitative estimate of drug-likeness (QED) is 0.579. The maximum absolute atomic E-state index is 10.9. The van der Waals surface area contributed by atoms with E-state index in [1.807, 2.05) is 25.1 Å². The highest BCUT2D eigenvalue weighted by atomic mass is 32.2. The van der Waals surface area contributed by atoms with Gasteiger partial charge in [0.25, 0.3) is 10.1 Å². The highest BCUT2D eigenvalue weighted by Gasteiger charge is 2.09. The number of pyridine rings is 2. The van der Waals surface area contributed by atoms with Crippen molar-refractivity contribution in [3.05, 3.63) is 47.8 Å². The van der Waals surface area contributed by atoms with Gasteiger partial charge in [0.2, 0.25) is 0 Å². The van der Waals surface area contributed by atoms with Gasteiger partial charge in [0.15, 0.2) is 0 Å². The van der Waals surface area contributed by atoms with Crippen LogP contribution in [-0.2, 0) is 15.9 Å². The molecule has 1 aromatic carbocycles. The van der Waals surface area contributed by atoms with E-state index in [0.29, 0.717) is 5.56 Å². The molecule has 20 heavy (non-hydrogen) atoms. The molecule has 0 unspecified atom stereocenters. The third-order valence-electron chi connectivity index (χ3n) is 3.04. The van der Waals surface area contributed by atoms with Gasteiger partial charge in [-0.25, -0.2) is 0 Å². The SMILES string of the molecule is Cc1cnc2c(ccc3cc(CS(=O)(=O)O)cnc32)c1. The Morgan fingerprint density at radius 3 is 2.30 bits per heavy atom. The van der Waals surface area contributed by atoms with Crippen LogP contribution in [0.3, 0.4) is 0 Å². The second-order valence-corrected chi connectivity index (χ2v) is 6.24. The van der Waals surface area contributed by atoms with Crippen molar-refractivity contribution in [2.24, 2.45) is 0 Å². The predicted molar refractivity (Wildman–Crippen MR) is 77.0 cm³/mol. The lowest BCUT2D eigenvalue weighted by Gasteiger charge is -2.05. The summed E-state index contributed by atoms with van der Waals surface area (Å²) in [7, 11) is -4.05. The summed E-state index contributed by atoms with van der Waals surface area (Å²) in [6, 6.07) is 7.53. The molecule has 5 nitrogen and oxygen atoms in total. The third-order valence-corrected chi connectivity index (χ3v) is 3.74. The minimum atomic E-state index is -4.05. The number of fused-ring (bicyclic) bond motifs is 3. The molecular formula is C14H12N2O3S. The number of aromatic nitrogens is 2. The van der Waals surface area contributed by atoms with Gasteiger partial charge >= 0.3 is 0 Å². The van der Waals surface area contributed by atoms with Crippen LogP contribution >= 0.6 is 0 Å². The van der Waals surface area contributed by atoms with Gasteiger partial charge in [0.05, 0.1) is 11.0 Å². The van der Waals surface area contributed by atoms with Crippen LogP contribution in [0.15, 0.2) is 36.7 Å². The van der Waals surface area contributed by atoms with Crippen molar-refractivity contribution in [3.8, 4) is 0 Å². The molecule has 6 heteroatoms. The molecule has 0 saturated heterocycles. The van der Waals surface area contributed by atoms with Crippen molar-refractivity contribution in [1.82, 2.24) is 9.97 Å². The van der Waals surface area contributed by atoms with E-state index in [0.717, 1.165) is 27.4 Å². The van der Waals surface area contributed by atoms with Crippen LogP contribution in [0.5, 0.6) is 0 Å². The number of nitrogens with zero attached hydrogens (tertiary/aromatic N) is 2. The molecule has 102 valence electrons. The molecule has 0 aliphatic carbocycles. The first kappa shape index (κ1) is 13.0. The van der Waals surface area contributed by atoms with Gasteiger partial charge in [0.1, 0.15) is 5.75 Å². The van der Waals surface area contributed by atoms with Crippen molar-refractivity contribution >= 4 is 31.9 Å². The lowest BCUT2D eigenvalue weighted by Crippen LogP contribution is -2.02. The smallest absolute Gasteiger partial charge is 0.269 e. The molecule has 0 fully saturated rings. The van der Waals surface area contributed by atoms with Crippen LogP contribution in [0.4, 0.5) is 0 Å². The summed E-state index contributed by atoms with van der Waals surface area (Å²) in [6.45, 7) is 1.97. The van der Waals surface area contributed by atoms with Crippen LogP contribution in [0.2, 0.25) is 0 Å². The molecule has 0 aliphatic rings. The average molecular weight is 288 g/mol. The summed E-state index contributed by atoms with van der Waals surface area (Å²) < 4.78 is 30.7. The fraction of sp³-hybridized carbons (Fsp3) is 0.143. The number of hydrogen-bond acceptors (Lipinski definition) is 4. The Balaban J connectivity index is 2.22. The van der Waals surface area contributed by atoms with E-state index in [2.05, 4.69) is 9.97 Å². The molecule has 0 atom stereocenters. The van der Waals surface area contributed by atoms with Crippen molar-refractivity contribution in [2.45, 2.75) is 12.7 Å². The van der Waals surface area contributed by atoms with Crippen LogP contribution in [0.1, 0.15) is 11.1 Å². The van der Waals surface area contributed by atoms with Gasteiger partial charge in [-0.1, -0.05) is 12.1 Å². The van der Waals surface area contributed by atoms with Crippen molar-refractivity contribution in [1.29, 1.82) is 0 Å². The molecule has 0 spiro atoms. The first-order valence-corrected chi connectivity index (χ1v) is 7.62. The zero-order valence-corrected chi connectivity index (χ0v) is 11.6. The van der Waals surface area contributed by atoms with E-state index >= 15 is 0 Å². The monoisotopic (exact) mass is 288 g/mol. The molecule has 0 aliphatic heterocycles. The molecule has 3 rings (SSSR count). The van der Waals surface area contributed by atoms with Crippen molar-refractivity contribution < 1.29 is 13.0 Å². The summed E-state index contributed by atoms with van der Waals surface area (Å²) >= 11 is 0. The summed E-state index contributed by atoms with van der Waals surface area (Å²) in [5, 5.41) is 1.79. The maximum Gasteiger partial charge on any atom is 0.269 e. The Morgan fingerprint density at radius 1 is 1.05 bits per heavy atom. The topological polar surface area (TPSA) is 80.2 Å². The molecule has 3 aromatic rings. The fourth-order valence-corrected chi connectivity index (χ4v) is 2.82. The minimum Gasteiger partial charge on any atom is -0.285 e. The van der Waals surface area contributed by atoms with Crippen LogP contribution in [0.25, 0.3) is 21.8 Å². The third kappa shape index (κ3) is 2.48. The van der Waals surface area contributed by atoms with Gasteiger partial charge < -0.3 is 0 Å². The number of hydrogen-bond donors (Lipinski definition) is 1. The second kappa shape index (κ2) is 4.50. The summed E-state index contributed by atoms with van der Waals surface area (Å²) in [4.78, 5) is 8.67. The van der Waals surface area contributed by atoms with Gasteiger partial charge in [0, 0.05) is 23.2 Å². The van der Waals surface area contributed by atoms with Gasteiger partial charge in [-0.2, -0.15) is 8.42 Å².